The molecule has 2 atom stereocenters. The van der Waals surface area contributed by atoms with Gasteiger partial charge in [-0.3, -0.25) is 0 Å². The Balaban J connectivity index is 0.00000144. The summed E-state index contributed by atoms with van der Waals surface area (Å²) in [6.45, 7) is 4.89. The van der Waals surface area contributed by atoms with Gasteiger partial charge in [-0.05, 0) is 0 Å². The molecule has 0 amide bonds. The quantitative estimate of drug-likeness (QED) is 0.372. The largest absolute Gasteiger partial charge is 1.00 e. The Hall–Kier alpha value is -0.196. The number of hydrogen-bond acceptors (Lipinski definition) is 0. The zero-order chi connectivity index (χ0) is 22.5. The van der Waals surface area contributed by atoms with E-state index in [1.807, 2.05) is 6.66 Å². The van der Waals surface area contributed by atoms with E-state index in [9.17, 15) is 0 Å². The van der Waals surface area contributed by atoms with Gasteiger partial charge in [0.2, 0.25) is 0 Å². The fourth-order valence-electron chi connectivity index (χ4n) is 7.97. The number of rotatable bonds is 8. The molecular weight excluding hydrogens is 666 g/mol. The third kappa shape index (κ3) is 4.64. The van der Waals surface area contributed by atoms with Crippen LogP contribution in [0.5, 0.6) is 0 Å². The van der Waals surface area contributed by atoms with Gasteiger partial charge in [0.05, 0.1) is 0 Å². The minimum Gasteiger partial charge on any atom is -1.00 e. The van der Waals surface area contributed by atoms with Crippen LogP contribution >= 0.6 is 0 Å². The molecular formula is C30H38Cl2HfSi2. The van der Waals surface area contributed by atoms with E-state index < -0.39 is 39.1 Å². The molecule has 2 fully saturated rings. The summed E-state index contributed by atoms with van der Waals surface area (Å²) in [5.74, 6) is 0. The molecule has 0 saturated carbocycles. The van der Waals surface area contributed by atoms with E-state index >= 15 is 0 Å². The Labute approximate surface area is 238 Å². The Morgan fingerprint density at radius 2 is 1.06 bits per heavy atom. The van der Waals surface area contributed by atoms with Crippen molar-refractivity contribution in [2.45, 2.75) is 86.9 Å². The van der Waals surface area contributed by atoms with Gasteiger partial charge >= 0.3 is 216 Å². The summed E-state index contributed by atoms with van der Waals surface area (Å²) in [5.41, 5.74) is 8.43. The van der Waals surface area contributed by atoms with E-state index in [0.29, 0.717) is 0 Å². The molecule has 0 spiro atoms. The van der Waals surface area contributed by atoms with Gasteiger partial charge in [0.1, 0.15) is 0 Å². The van der Waals surface area contributed by atoms with Crippen LogP contribution in [0.3, 0.4) is 0 Å². The molecule has 5 heteroatoms. The first-order valence-corrected chi connectivity index (χ1v) is 22.6. The molecule has 0 N–H and O–H groups in total. The van der Waals surface area contributed by atoms with E-state index in [0.717, 1.165) is 11.1 Å². The standard InChI is InChI=1S/2C15H19Si.2ClH.Hf/c2*1-2-10-16(11-5-12-16)15-9-8-13-6-3-4-7-14(13)15;;;/h2*3-4,6-8,15H,2,5,10-12H2,1H3;2*1H;/q;;;;+2/p-2. The Morgan fingerprint density at radius 3 is 1.40 bits per heavy atom. The SMILES string of the molecule is CCC[Si]1(C2[C]([Hf+2][C]3=Cc4ccccc4C3[Si]3(CCC)CCC3)=Cc3ccccc32)CCC1.[Cl-].[Cl-]. The Kier molecular flexibility index (Phi) is 8.96. The first kappa shape index (κ1) is 27.8. The third-order valence-electron chi connectivity index (χ3n) is 9.57. The molecule has 184 valence electrons. The van der Waals surface area contributed by atoms with Crippen molar-refractivity contribution in [3.8, 4) is 0 Å². The first-order chi connectivity index (χ1) is 16.2. The molecule has 6 rings (SSSR count). The van der Waals surface area contributed by atoms with Crippen LogP contribution in [0.2, 0.25) is 36.3 Å². The van der Waals surface area contributed by atoms with Crippen molar-refractivity contribution in [2.24, 2.45) is 0 Å². The number of halogens is 2. The minimum atomic E-state index is -1.19. The summed E-state index contributed by atoms with van der Waals surface area (Å²) >= 11 is -1.07. The summed E-state index contributed by atoms with van der Waals surface area (Å²) in [6.07, 6.45) is 11.3. The van der Waals surface area contributed by atoms with Crippen LogP contribution in [0.1, 0.15) is 72.9 Å². The van der Waals surface area contributed by atoms with Crippen LogP contribution in [0.15, 0.2) is 55.2 Å². The zero-order valence-corrected chi connectivity index (χ0v) is 28.4. The maximum Gasteiger partial charge on any atom is -1.00 e. The average Bonchev–Trinajstić information content (AvgIpc) is 3.32. The molecule has 2 aliphatic carbocycles. The first-order valence-electron chi connectivity index (χ1n) is 13.6. The van der Waals surface area contributed by atoms with Crippen LogP contribution in [-0.2, 0) is 22.9 Å². The monoisotopic (exact) mass is 704 g/mol. The molecule has 2 aromatic carbocycles. The van der Waals surface area contributed by atoms with Gasteiger partial charge in [0, 0.05) is 0 Å². The third-order valence-corrected chi connectivity index (χ3v) is 28.9. The summed E-state index contributed by atoms with van der Waals surface area (Å²) < 4.78 is 4.00. The summed E-state index contributed by atoms with van der Waals surface area (Å²) in [4.78, 5) is 0. The van der Waals surface area contributed by atoms with Gasteiger partial charge < -0.3 is 24.8 Å². The van der Waals surface area contributed by atoms with Crippen molar-refractivity contribution in [3.63, 3.8) is 0 Å². The van der Waals surface area contributed by atoms with Crippen molar-refractivity contribution in [3.05, 3.63) is 77.4 Å². The van der Waals surface area contributed by atoms with E-state index in [4.69, 9.17) is 0 Å². The van der Waals surface area contributed by atoms with Gasteiger partial charge in [0.15, 0.2) is 0 Å². The number of benzene rings is 2. The predicted molar refractivity (Wildman–Crippen MR) is 144 cm³/mol. The topological polar surface area (TPSA) is 0 Å². The van der Waals surface area contributed by atoms with Crippen molar-refractivity contribution in [1.29, 1.82) is 0 Å². The van der Waals surface area contributed by atoms with E-state index in [1.165, 1.54) is 25.7 Å². The van der Waals surface area contributed by atoms with Crippen LogP contribution in [0, 0.1) is 0 Å². The maximum atomic E-state index is 2.74. The molecule has 0 nitrogen and oxygen atoms in total. The van der Waals surface area contributed by atoms with Gasteiger partial charge in [-0.25, -0.2) is 0 Å². The van der Waals surface area contributed by atoms with Crippen LogP contribution in [0.4, 0.5) is 0 Å². The number of hydrogen-bond donors (Lipinski definition) is 0. The van der Waals surface area contributed by atoms with Gasteiger partial charge in [-0.15, -0.1) is 0 Å². The molecule has 4 aliphatic rings. The summed E-state index contributed by atoms with van der Waals surface area (Å²) in [5, 5.41) is 0. The molecule has 2 heterocycles. The maximum absolute atomic E-state index is 2.74. The van der Waals surface area contributed by atoms with E-state index in [2.05, 4.69) is 74.5 Å². The second-order valence-electron chi connectivity index (χ2n) is 11.4. The normalized spacial score (nSPS) is 24.3. The zero-order valence-electron chi connectivity index (χ0n) is 21.3. The predicted octanol–water partition coefficient (Wildman–Crippen LogP) is 2.96. The second kappa shape index (κ2) is 11.3. The van der Waals surface area contributed by atoms with E-state index in [1.54, 1.807) is 58.5 Å². The van der Waals surface area contributed by atoms with Gasteiger partial charge in [-0.1, -0.05) is 0 Å². The van der Waals surface area contributed by atoms with E-state index in [-0.39, 0.29) is 24.8 Å². The molecule has 2 aliphatic heterocycles. The van der Waals surface area contributed by atoms with Crippen molar-refractivity contribution < 1.29 is 47.7 Å². The number of allylic oxidation sites excluding steroid dienone is 2. The van der Waals surface area contributed by atoms with Gasteiger partial charge in [0.25, 0.3) is 0 Å². The number of fused-ring (bicyclic) bond motifs is 2. The average molecular weight is 704 g/mol. The molecule has 35 heavy (non-hydrogen) atoms. The molecule has 2 saturated heterocycles. The van der Waals surface area contributed by atoms with Gasteiger partial charge in [-0.2, -0.15) is 0 Å². The molecule has 0 bridgehead atoms. The fourth-order valence-corrected chi connectivity index (χ4v) is 31.3. The Bertz CT molecular complexity index is 1030. The Morgan fingerprint density at radius 1 is 0.657 bits per heavy atom. The molecule has 0 aromatic heterocycles. The molecule has 2 unspecified atom stereocenters. The fraction of sp³-hybridized carbons (Fsp3) is 0.467. The minimum absolute atomic E-state index is 0. The van der Waals surface area contributed by atoms with Crippen LogP contribution < -0.4 is 24.8 Å². The van der Waals surface area contributed by atoms with Crippen LogP contribution in [0.25, 0.3) is 12.2 Å². The summed E-state index contributed by atoms with van der Waals surface area (Å²) in [6, 6.07) is 28.6. The van der Waals surface area contributed by atoms with Crippen LogP contribution in [-0.4, -0.2) is 16.1 Å². The second-order valence-corrected chi connectivity index (χ2v) is 26.0. The van der Waals surface area contributed by atoms with Crippen molar-refractivity contribution in [1.82, 2.24) is 0 Å². The molecule has 2 aromatic rings. The molecule has 0 radical (unpaired) electrons. The smallest absolute Gasteiger partial charge is 1.00 e. The summed E-state index contributed by atoms with van der Waals surface area (Å²) in [7, 11) is -2.38. The van der Waals surface area contributed by atoms with Crippen molar-refractivity contribution in [2.75, 3.05) is 0 Å². The van der Waals surface area contributed by atoms with Crippen molar-refractivity contribution >= 4 is 28.3 Å².